The second kappa shape index (κ2) is 6.21. The highest BCUT2D eigenvalue weighted by molar-refractivity contribution is 5.78. The summed E-state index contributed by atoms with van der Waals surface area (Å²) in [5.74, 6) is 0.528. The van der Waals surface area contributed by atoms with Crippen molar-refractivity contribution in [2.45, 2.75) is 13.0 Å². The molecule has 1 aromatic carbocycles. The molecule has 3 aromatic rings. The zero-order valence-corrected chi connectivity index (χ0v) is 11.5. The highest BCUT2D eigenvalue weighted by Gasteiger charge is 2.12. The summed E-state index contributed by atoms with van der Waals surface area (Å²) in [6.07, 6.45) is 1.66. The quantitative estimate of drug-likeness (QED) is 0.782. The van der Waals surface area contributed by atoms with E-state index in [1.807, 2.05) is 0 Å². The highest BCUT2D eigenvalue weighted by Crippen LogP contribution is 2.16. The fourth-order valence-electron chi connectivity index (χ4n) is 1.85. The van der Waals surface area contributed by atoms with Gasteiger partial charge in [-0.05, 0) is 29.8 Å². The predicted octanol–water partition coefficient (Wildman–Crippen LogP) is 2.33. The summed E-state index contributed by atoms with van der Waals surface area (Å²) in [7, 11) is 0. The molecule has 0 aliphatic heterocycles. The molecule has 0 bridgehead atoms. The van der Waals surface area contributed by atoms with Gasteiger partial charge in [0, 0.05) is 0 Å². The van der Waals surface area contributed by atoms with Crippen LogP contribution in [0.25, 0.3) is 11.7 Å². The van der Waals surface area contributed by atoms with Gasteiger partial charge in [0.25, 0.3) is 5.89 Å². The van der Waals surface area contributed by atoms with Crippen LogP contribution in [0.1, 0.15) is 11.4 Å². The molecule has 0 spiro atoms. The Hall–Kier alpha value is -2.96. The Bertz CT molecular complexity index is 751. The second-order valence-electron chi connectivity index (χ2n) is 4.57. The number of halogens is 1. The van der Waals surface area contributed by atoms with Crippen molar-refractivity contribution in [2.75, 3.05) is 0 Å². The lowest BCUT2D eigenvalue weighted by Crippen LogP contribution is -2.25. The molecule has 1 N–H and O–H groups in total. The normalized spacial score (nSPS) is 10.6. The summed E-state index contributed by atoms with van der Waals surface area (Å²) in [5.41, 5.74) is 0.725. The third-order valence-corrected chi connectivity index (χ3v) is 2.92. The molecular formula is C15H12FN3O3. The molecule has 0 fully saturated rings. The van der Waals surface area contributed by atoms with Crippen LogP contribution < -0.4 is 5.32 Å². The van der Waals surface area contributed by atoms with Crippen molar-refractivity contribution in [3.8, 4) is 11.7 Å². The minimum atomic E-state index is -0.332. The van der Waals surface area contributed by atoms with Crippen molar-refractivity contribution in [1.82, 2.24) is 15.5 Å². The number of rotatable bonds is 5. The largest absolute Gasteiger partial charge is 0.459 e. The van der Waals surface area contributed by atoms with Crippen LogP contribution in [0, 0.1) is 5.82 Å². The first kappa shape index (κ1) is 14.0. The molecule has 0 saturated carbocycles. The van der Waals surface area contributed by atoms with Crippen LogP contribution in [0.4, 0.5) is 4.39 Å². The van der Waals surface area contributed by atoms with Gasteiger partial charge in [0.05, 0.1) is 19.2 Å². The number of amides is 1. The summed E-state index contributed by atoms with van der Waals surface area (Å²) in [5, 5.41) is 6.42. The van der Waals surface area contributed by atoms with Crippen LogP contribution in [-0.2, 0) is 17.8 Å². The standard InChI is InChI=1S/C15H12FN3O3/c16-11-5-3-10(4-6-11)8-14(20)17-9-13-18-15(22-19-13)12-2-1-7-21-12/h1-7H,8-9H2,(H,17,20). The molecule has 22 heavy (non-hydrogen) atoms. The topological polar surface area (TPSA) is 81.2 Å². The van der Waals surface area contributed by atoms with E-state index in [9.17, 15) is 9.18 Å². The molecule has 2 aromatic heterocycles. The zero-order valence-electron chi connectivity index (χ0n) is 11.5. The summed E-state index contributed by atoms with van der Waals surface area (Å²) in [6.45, 7) is 0.143. The van der Waals surface area contributed by atoms with Crippen molar-refractivity contribution < 1.29 is 18.1 Å². The Kier molecular flexibility index (Phi) is 3.95. The van der Waals surface area contributed by atoms with Crippen LogP contribution in [0.15, 0.2) is 51.6 Å². The lowest BCUT2D eigenvalue weighted by Gasteiger charge is -2.02. The van der Waals surface area contributed by atoms with Crippen LogP contribution >= 0.6 is 0 Å². The average Bonchev–Trinajstić information content (AvgIpc) is 3.18. The molecule has 0 unspecified atom stereocenters. The average molecular weight is 301 g/mol. The molecule has 7 heteroatoms. The Labute approximate surface area is 124 Å². The van der Waals surface area contributed by atoms with Gasteiger partial charge in [-0.15, -0.1) is 0 Å². The summed E-state index contributed by atoms with van der Waals surface area (Å²) < 4.78 is 22.9. The summed E-state index contributed by atoms with van der Waals surface area (Å²) >= 11 is 0. The van der Waals surface area contributed by atoms with Crippen molar-refractivity contribution in [2.24, 2.45) is 0 Å². The van der Waals surface area contributed by atoms with Crippen LogP contribution in [0.3, 0.4) is 0 Å². The number of hydrogen-bond donors (Lipinski definition) is 1. The summed E-state index contributed by atoms with van der Waals surface area (Å²) in [6, 6.07) is 9.18. The number of hydrogen-bond acceptors (Lipinski definition) is 5. The van der Waals surface area contributed by atoms with Crippen molar-refractivity contribution >= 4 is 5.91 Å². The monoisotopic (exact) mass is 301 g/mol. The van der Waals surface area contributed by atoms with Gasteiger partial charge in [-0.1, -0.05) is 17.3 Å². The number of nitrogens with zero attached hydrogens (tertiary/aromatic N) is 2. The van der Waals surface area contributed by atoms with Crippen LogP contribution in [0.2, 0.25) is 0 Å². The van der Waals surface area contributed by atoms with Crippen molar-refractivity contribution in [3.05, 3.63) is 59.9 Å². The van der Waals surface area contributed by atoms with E-state index in [2.05, 4.69) is 15.5 Å². The molecule has 3 rings (SSSR count). The van der Waals surface area contributed by atoms with E-state index < -0.39 is 0 Å². The fourth-order valence-corrected chi connectivity index (χ4v) is 1.85. The molecule has 0 saturated heterocycles. The lowest BCUT2D eigenvalue weighted by molar-refractivity contribution is -0.120. The van der Waals surface area contributed by atoms with Gasteiger partial charge in [-0.2, -0.15) is 4.98 Å². The Morgan fingerprint density at radius 3 is 2.77 bits per heavy atom. The number of nitrogens with one attached hydrogen (secondary N) is 1. The van der Waals surface area contributed by atoms with E-state index in [0.717, 1.165) is 5.56 Å². The Balaban J connectivity index is 1.54. The number of benzene rings is 1. The van der Waals surface area contributed by atoms with Crippen LogP contribution in [0.5, 0.6) is 0 Å². The third kappa shape index (κ3) is 3.38. The first-order valence-electron chi connectivity index (χ1n) is 6.58. The minimum Gasteiger partial charge on any atom is -0.459 e. The van der Waals surface area contributed by atoms with E-state index in [-0.39, 0.29) is 30.6 Å². The first-order chi connectivity index (χ1) is 10.7. The van der Waals surface area contributed by atoms with Crippen molar-refractivity contribution in [3.63, 3.8) is 0 Å². The molecule has 2 heterocycles. The van der Waals surface area contributed by atoms with Gasteiger partial charge in [-0.3, -0.25) is 4.79 Å². The maximum absolute atomic E-state index is 12.8. The number of carbonyl (C=O) groups excluding carboxylic acids is 1. The van der Waals surface area contributed by atoms with E-state index in [0.29, 0.717) is 11.6 Å². The fraction of sp³-hybridized carbons (Fsp3) is 0.133. The molecule has 6 nitrogen and oxygen atoms in total. The minimum absolute atomic E-state index is 0.143. The number of furan rings is 1. The van der Waals surface area contributed by atoms with Gasteiger partial charge < -0.3 is 14.3 Å². The number of carbonyl (C=O) groups is 1. The zero-order chi connectivity index (χ0) is 15.4. The smallest absolute Gasteiger partial charge is 0.293 e. The van der Waals surface area contributed by atoms with E-state index in [1.54, 1.807) is 24.3 Å². The molecule has 0 aliphatic rings. The van der Waals surface area contributed by atoms with Gasteiger partial charge in [0.2, 0.25) is 5.91 Å². The molecule has 1 amide bonds. The number of aromatic nitrogens is 2. The predicted molar refractivity (Wildman–Crippen MR) is 74.0 cm³/mol. The van der Waals surface area contributed by atoms with Gasteiger partial charge >= 0.3 is 0 Å². The maximum Gasteiger partial charge on any atom is 0.293 e. The van der Waals surface area contributed by atoms with E-state index in [1.165, 1.54) is 18.4 Å². The molecular weight excluding hydrogens is 289 g/mol. The summed E-state index contributed by atoms with van der Waals surface area (Å²) in [4.78, 5) is 15.9. The van der Waals surface area contributed by atoms with Crippen molar-refractivity contribution in [1.29, 1.82) is 0 Å². The van der Waals surface area contributed by atoms with E-state index >= 15 is 0 Å². The first-order valence-corrected chi connectivity index (χ1v) is 6.58. The van der Waals surface area contributed by atoms with Gasteiger partial charge in [0.1, 0.15) is 5.82 Å². The third-order valence-electron chi connectivity index (χ3n) is 2.92. The second-order valence-corrected chi connectivity index (χ2v) is 4.57. The molecule has 0 atom stereocenters. The van der Waals surface area contributed by atoms with Gasteiger partial charge in [-0.25, -0.2) is 4.39 Å². The Morgan fingerprint density at radius 1 is 1.23 bits per heavy atom. The Morgan fingerprint density at radius 2 is 2.05 bits per heavy atom. The maximum atomic E-state index is 12.8. The molecule has 0 radical (unpaired) electrons. The molecule has 112 valence electrons. The van der Waals surface area contributed by atoms with E-state index in [4.69, 9.17) is 8.94 Å². The molecule has 0 aliphatic carbocycles. The van der Waals surface area contributed by atoms with Gasteiger partial charge in [0.15, 0.2) is 11.6 Å². The lowest BCUT2D eigenvalue weighted by atomic mass is 10.1. The van der Waals surface area contributed by atoms with Crippen LogP contribution in [-0.4, -0.2) is 16.0 Å². The SMILES string of the molecule is O=C(Cc1ccc(F)cc1)NCc1noc(-c2ccco2)n1. The highest BCUT2D eigenvalue weighted by atomic mass is 19.1.